The van der Waals surface area contributed by atoms with Crippen LogP contribution in [0.2, 0.25) is 0 Å². The third-order valence-corrected chi connectivity index (χ3v) is 5.62. The predicted molar refractivity (Wildman–Crippen MR) is 108 cm³/mol. The highest BCUT2D eigenvalue weighted by atomic mass is 32.1. The molecule has 3 aromatic rings. The number of hydrogen-bond donors (Lipinski definition) is 0. The van der Waals surface area contributed by atoms with E-state index in [0.29, 0.717) is 18.4 Å². The summed E-state index contributed by atoms with van der Waals surface area (Å²) < 4.78 is 1.69. The summed E-state index contributed by atoms with van der Waals surface area (Å²) >= 11 is 1.51. The lowest BCUT2D eigenvalue weighted by atomic mass is 10.0. The van der Waals surface area contributed by atoms with Crippen molar-refractivity contribution >= 4 is 27.3 Å². The Bertz CT molecular complexity index is 1040. The molecule has 0 aliphatic heterocycles. The molecule has 0 atom stereocenters. The molecule has 0 unspecified atom stereocenters. The summed E-state index contributed by atoms with van der Waals surface area (Å²) in [5.74, 6) is 0.940. The molecule has 0 radical (unpaired) electrons. The largest absolute Gasteiger partial charge is 0.300 e. The van der Waals surface area contributed by atoms with Crippen molar-refractivity contribution in [3.8, 4) is 11.1 Å². The first kappa shape index (κ1) is 18.5. The number of fused-ring (bicyclic) bond motifs is 1. The Labute approximate surface area is 157 Å². The number of thiophene rings is 1. The van der Waals surface area contributed by atoms with Crippen LogP contribution in [-0.4, -0.2) is 15.3 Å². The van der Waals surface area contributed by atoms with Crippen LogP contribution in [0, 0.1) is 13.8 Å². The third kappa shape index (κ3) is 3.36. The third-order valence-electron chi connectivity index (χ3n) is 4.75. The van der Waals surface area contributed by atoms with Crippen molar-refractivity contribution < 1.29 is 4.79 Å². The molecule has 1 aromatic carbocycles. The van der Waals surface area contributed by atoms with Crippen LogP contribution in [0.4, 0.5) is 0 Å². The van der Waals surface area contributed by atoms with Gasteiger partial charge in [-0.25, -0.2) is 4.98 Å². The summed E-state index contributed by atoms with van der Waals surface area (Å²) in [5.41, 5.74) is 4.35. The van der Waals surface area contributed by atoms with Gasteiger partial charge >= 0.3 is 0 Å². The molecule has 0 bridgehead atoms. The monoisotopic (exact) mass is 368 g/mol. The molecule has 0 aliphatic rings. The van der Waals surface area contributed by atoms with Gasteiger partial charge in [-0.3, -0.25) is 14.2 Å². The molecule has 0 N–H and O–H groups in total. The molecular formula is C21H24N2O2S. The first-order valence-electron chi connectivity index (χ1n) is 8.88. The van der Waals surface area contributed by atoms with Crippen LogP contribution in [0.3, 0.4) is 0 Å². The smallest absolute Gasteiger partial charge is 0.262 e. The molecule has 0 saturated carbocycles. The molecule has 0 aliphatic carbocycles. The second kappa shape index (κ2) is 7.16. The Morgan fingerprint density at radius 1 is 1.23 bits per heavy atom. The topological polar surface area (TPSA) is 52.0 Å². The Kier molecular flexibility index (Phi) is 5.10. The quantitative estimate of drug-likeness (QED) is 0.647. The fourth-order valence-electron chi connectivity index (χ4n) is 3.09. The van der Waals surface area contributed by atoms with Gasteiger partial charge in [0.05, 0.1) is 5.39 Å². The van der Waals surface area contributed by atoms with Crippen LogP contribution in [0.15, 0.2) is 28.4 Å². The first-order chi connectivity index (χ1) is 12.3. The van der Waals surface area contributed by atoms with Crippen LogP contribution < -0.4 is 5.56 Å². The van der Waals surface area contributed by atoms with Crippen LogP contribution in [0.5, 0.6) is 0 Å². The zero-order valence-corrected chi connectivity index (χ0v) is 16.7. The lowest BCUT2D eigenvalue weighted by Crippen LogP contribution is -2.26. The molecular weight excluding hydrogens is 344 g/mol. The summed E-state index contributed by atoms with van der Waals surface area (Å²) in [6.45, 7) is 10.1. The minimum absolute atomic E-state index is 0.0468. The summed E-state index contributed by atoms with van der Waals surface area (Å²) in [5, 5.41) is 2.67. The zero-order chi connectivity index (χ0) is 19.0. The van der Waals surface area contributed by atoms with Crippen molar-refractivity contribution in [1.29, 1.82) is 0 Å². The van der Waals surface area contributed by atoms with E-state index >= 15 is 0 Å². The van der Waals surface area contributed by atoms with Gasteiger partial charge in [0.2, 0.25) is 0 Å². The lowest BCUT2D eigenvalue weighted by molar-refractivity contribution is -0.117. The standard InChI is InChI=1S/C21H24N2O2S/c1-12(2)19-22-20-18(21(25)23(19)9-8-15(5)24)17(11-26-20)16-7-6-13(3)14(4)10-16/h6-7,10-12H,8-9H2,1-5H3. The molecule has 4 nitrogen and oxygen atoms in total. The number of carbonyl (C=O) groups is 1. The maximum Gasteiger partial charge on any atom is 0.262 e. The van der Waals surface area contributed by atoms with Crippen LogP contribution >= 0.6 is 11.3 Å². The highest BCUT2D eigenvalue weighted by molar-refractivity contribution is 7.17. The molecule has 2 aromatic heterocycles. The molecule has 2 heterocycles. The normalized spacial score (nSPS) is 11.5. The van der Waals surface area contributed by atoms with E-state index in [9.17, 15) is 9.59 Å². The van der Waals surface area contributed by atoms with Gasteiger partial charge in [-0.05, 0) is 37.5 Å². The van der Waals surface area contributed by atoms with Gasteiger partial charge in [0, 0.05) is 29.8 Å². The predicted octanol–water partition coefficient (Wildman–Crippen LogP) is 4.84. The van der Waals surface area contributed by atoms with Crippen molar-refractivity contribution in [2.24, 2.45) is 0 Å². The second-order valence-corrected chi connectivity index (χ2v) is 8.02. The molecule has 3 rings (SSSR count). The highest BCUT2D eigenvalue weighted by Gasteiger charge is 2.19. The van der Waals surface area contributed by atoms with Gasteiger partial charge in [-0.2, -0.15) is 0 Å². The maximum absolute atomic E-state index is 13.3. The van der Waals surface area contributed by atoms with E-state index in [1.165, 1.54) is 22.5 Å². The molecule has 136 valence electrons. The second-order valence-electron chi connectivity index (χ2n) is 7.16. The van der Waals surface area contributed by atoms with Crippen molar-refractivity contribution in [1.82, 2.24) is 9.55 Å². The van der Waals surface area contributed by atoms with E-state index < -0.39 is 0 Å². The average molecular weight is 369 g/mol. The van der Waals surface area contributed by atoms with E-state index in [4.69, 9.17) is 4.98 Å². The molecule has 0 amide bonds. The first-order valence-corrected chi connectivity index (χ1v) is 9.76. The molecule has 0 saturated heterocycles. The van der Waals surface area contributed by atoms with Gasteiger partial charge in [-0.1, -0.05) is 32.0 Å². The Morgan fingerprint density at radius 2 is 1.96 bits per heavy atom. The average Bonchev–Trinajstić information content (AvgIpc) is 3.00. The Balaban J connectivity index is 2.25. The van der Waals surface area contributed by atoms with Gasteiger partial charge < -0.3 is 0 Å². The summed E-state index contributed by atoms with van der Waals surface area (Å²) in [4.78, 5) is 30.3. The minimum Gasteiger partial charge on any atom is -0.300 e. The van der Waals surface area contributed by atoms with E-state index in [-0.39, 0.29) is 17.3 Å². The number of carbonyl (C=O) groups excluding carboxylic acids is 1. The van der Waals surface area contributed by atoms with Gasteiger partial charge in [0.25, 0.3) is 5.56 Å². The number of ketones is 1. The number of hydrogen-bond acceptors (Lipinski definition) is 4. The fourth-order valence-corrected chi connectivity index (χ4v) is 4.03. The number of nitrogens with zero attached hydrogens (tertiary/aromatic N) is 2. The number of benzene rings is 1. The Hall–Kier alpha value is -2.27. The van der Waals surface area contributed by atoms with E-state index in [2.05, 4.69) is 32.0 Å². The van der Waals surface area contributed by atoms with Crippen molar-refractivity contribution in [2.45, 2.75) is 53.5 Å². The SMILES string of the molecule is CC(=O)CCn1c(C(C)C)nc2scc(-c3ccc(C)c(C)c3)c2c1=O. The van der Waals surface area contributed by atoms with Crippen molar-refractivity contribution in [2.75, 3.05) is 0 Å². The van der Waals surface area contributed by atoms with Crippen LogP contribution in [0.25, 0.3) is 21.3 Å². The highest BCUT2D eigenvalue weighted by Crippen LogP contribution is 2.32. The summed E-state index contributed by atoms with van der Waals surface area (Å²) in [7, 11) is 0. The number of rotatable bonds is 5. The molecule has 0 spiro atoms. The molecule has 26 heavy (non-hydrogen) atoms. The van der Waals surface area contributed by atoms with E-state index in [1.54, 1.807) is 11.5 Å². The van der Waals surface area contributed by atoms with E-state index in [1.807, 2.05) is 19.2 Å². The maximum atomic E-state index is 13.3. The van der Waals surface area contributed by atoms with Gasteiger partial charge in [-0.15, -0.1) is 11.3 Å². The van der Waals surface area contributed by atoms with Crippen LogP contribution in [0.1, 0.15) is 50.1 Å². The minimum atomic E-state index is -0.0468. The van der Waals surface area contributed by atoms with E-state index in [0.717, 1.165) is 21.8 Å². The zero-order valence-electron chi connectivity index (χ0n) is 15.9. The lowest BCUT2D eigenvalue weighted by Gasteiger charge is -2.15. The van der Waals surface area contributed by atoms with Gasteiger partial charge in [0.15, 0.2) is 0 Å². The summed E-state index contributed by atoms with van der Waals surface area (Å²) in [6.07, 6.45) is 0.343. The molecule has 5 heteroatoms. The Morgan fingerprint density at radius 3 is 2.58 bits per heavy atom. The molecule has 0 fully saturated rings. The van der Waals surface area contributed by atoms with Crippen LogP contribution in [-0.2, 0) is 11.3 Å². The fraction of sp³-hybridized carbons (Fsp3) is 0.381. The van der Waals surface area contributed by atoms with Gasteiger partial charge in [0.1, 0.15) is 16.4 Å². The number of aromatic nitrogens is 2. The summed E-state index contributed by atoms with van der Waals surface area (Å²) in [6, 6.07) is 6.25. The number of Topliss-reactive ketones (excluding diaryl/α,β-unsaturated/α-hetero) is 1. The van der Waals surface area contributed by atoms with Crippen molar-refractivity contribution in [3.63, 3.8) is 0 Å². The number of aryl methyl sites for hydroxylation is 2. The van der Waals surface area contributed by atoms with Crippen molar-refractivity contribution in [3.05, 3.63) is 50.9 Å².